The van der Waals surface area contributed by atoms with Gasteiger partial charge in [0.2, 0.25) is 0 Å². The highest BCUT2D eigenvalue weighted by molar-refractivity contribution is 9.10. The largest absolute Gasteiger partial charge is 0.333 e. The van der Waals surface area contributed by atoms with E-state index in [4.69, 9.17) is 0 Å². The Balaban J connectivity index is 2.37. The van der Waals surface area contributed by atoms with Crippen molar-refractivity contribution in [2.45, 2.75) is 46.2 Å². The first kappa shape index (κ1) is 16.2. The van der Waals surface area contributed by atoms with Crippen LogP contribution in [0.15, 0.2) is 35.1 Å². The van der Waals surface area contributed by atoms with Gasteiger partial charge in [-0.1, -0.05) is 41.9 Å². The van der Waals surface area contributed by atoms with E-state index in [1.807, 2.05) is 6.20 Å². The van der Waals surface area contributed by atoms with Gasteiger partial charge in [0.1, 0.15) is 5.82 Å². The van der Waals surface area contributed by atoms with Crippen LogP contribution >= 0.6 is 15.9 Å². The average molecular weight is 350 g/mol. The van der Waals surface area contributed by atoms with E-state index >= 15 is 0 Å². The molecule has 1 aromatic heterocycles. The van der Waals surface area contributed by atoms with Gasteiger partial charge in [0.05, 0.1) is 6.04 Å². The Labute approximate surface area is 135 Å². The maximum atomic E-state index is 4.60. The van der Waals surface area contributed by atoms with Gasteiger partial charge in [-0.15, -0.1) is 0 Å². The molecule has 0 saturated heterocycles. The van der Waals surface area contributed by atoms with Gasteiger partial charge >= 0.3 is 0 Å². The van der Waals surface area contributed by atoms with Crippen molar-refractivity contribution in [2.75, 3.05) is 6.54 Å². The van der Waals surface area contributed by atoms with E-state index in [0.717, 1.165) is 36.2 Å². The standard InChI is InChI=1S/C17H24BrN3/c1-4-8-19-16(14-7-6-13(3)15(18)12-14)17-20-9-11-21(17)10-5-2/h6-7,9,11-12,16,19H,4-5,8,10H2,1-3H3. The van der Waals surface area contributed by atoms with Crippen molar-refractivity contribution >= 4 is 15.9 Å². The summed E-state index contributed by atoms with van der Waals surface area (Å²) in [6, 6.07) is 6.70. The van der Waals surface area contributed by atoms with Crippen LogP contribution < -0.4 is 5.32 Å². The topological polar surface area (TPSA) is 29.9 Å². The van der Waals surface area contributed by atoms with E-state index in [2.05, 4.69) is 76.0 Å². The third-order valence-corrected chi connectivity index (χ3v) is 4.45. The minimum atomic E-state index is 0.142. The van der Waals surface area contributed by atoms with Crippen molar-refractivity contribution in [3.63, 3.8) is 0 Å². The molecule has 21 heavy (non-hydrogen) atoms. The summed E-state index contributed by atoms with van der Waals surface area (Å²) < 4.78 is 3.40. The van der Waals surface area contributed by atoms with Crippen molar-refractivity contribution in [1.29, 1.82) is 0 Å². The van der Waals surface area contributed by atoms with Crippen LogP contribution in [0.2, 0.25) is 0 Å². The maximum absolute atomic E-state index is 4.60. The van der Waals surface area contributed by atoms with Crippen molar-refractivity contribution in [1.82, 2.24) is 14.9 Å². The number of halogens is 1. The molecule has 2 aromatic rings. The second kappa shape index (κ2) is 7.76. The molecular weight excluding hydrogens is 326 g/mol. The lowest BCUT2D eigenvalue weighted by Crippen LogP contribution is -2.26. The first-order valence-electron chi connectivity index (χ1n) is 7.67. The van der Waals surface area contributed by atoms with Gasteiger partial charge in [-0.2, -0.15) is 0 Å². The molecule has 0 aliphatic rings. The first-order valence-corrected chi connectivity index (χ1v) is 8.47. The zero-order chi connectivity index (χ0) is 15.2. The van der Waals surface area contributed by atoms with E-state index in [1.54, 1.807) is 0 Å². The Morgan fingerprint density at radius 2 is 2.10 bits per heavy atom. The Kier molecular flexibility index (Phi) is 6.00. The molecule has 114 valence electrons. The highest BCUT2D eigenvalue weighted by atomic mass is 79.9. The fourth-order valence-corrected chi connectivity index (χ4v) is 2.84. The summed E-state index contributed by atoms with van der Waals surface area (Å²) in [4.78, 5) is 4.60. The van der Waals surface area contributed by atoms with Crippen molar-refractivity contribution < 1.29 is 0 Å². The molecule has 1 N–H and O–H groups in total. The number of nitrogens with zero attached hydrogens (tertiary/aromatic N) is 2. The summed E-state index contributed by atoms with van der Waals surface area (Å²) in [6.45, 7) is 8.48. The van der Waals surface area contributed by atoms with Crippen molar-refractivity contribution in [3.8, 4) is 0 Å². The predicted octanol–water partition coefficient (Wildman–Crippen LogP) is 4.45. The maximum Gasteiger partial charge on any atom is 0.130 e. The molecule has 2 rings (SSSR count). The molecule has 0 fully saturated rings. The van der Waals surface area contributed by atoms with Gasteiger partial charge in [-0.3, -0.25) is 0 Å². The molecule has 0 aliphatic carbocycles. The molecule has 0 spiro atoms. The van der Waals surface area contributed by atoms with Crippen LogP contribution in [0.1, 0.15) is 49.7 Å². The van der Waals surface area contributed by atoms with Crippen LogP contribution in [0.4, 0.5) is 0 Å². The highest BCUT2D eigenvalue weighted by Crippen LogP contribution is 2.26. The second-order valence-corrected chi connectivity index (χ2v) is 6.23. The Bertz CT molecular complexity index is 577. The smallest absolute Gasteiger partial charge is 0.130 e. The van der Waals surface area contributed by atoms with Crippen LogP contribution in [0.3, 0.4) is 0 Å². The highest BCUT2D eigenvalue weighted by Gasteiger charge is 2.18. The Hall–Kier alpha value is -1.13. The number of aromatic nitrogens is 2. The van der Waals surface area contributed by atoms with Crippen molar-refractivity contribution in [2.24, 2.45) is 0 Å². The van der Waals surface area contributed by atoms with Crippen LogP contribution in [0.5, 0.6) is 0 Å². The summed E-state index contributed by atoms with van der Waals surface area (Å²) in [5.74, 6) is 1.10. The fraction of sp³-hybridized carbons (Fsp3) is 0.471. The summed E-state index contributed by atoms with van der Waals surface area (Å²) in [7, 11) is 0. The number of benzene rings is 1. The van der Waals surface area contributed by atoms with E-state index in [1.165, 1.54) is 11.1 Å². The fourth-order valence-electron chi connectivity index (χ4n) is 2.45. The zero-order valence-electron chi connectivity index (χ0n) is 13.1. The number of hydrogen-bond donors (Lipinski definition) is 1. The lowest BCUT2D eigenvalue weighted by atomic mass is 10.0. The minimum Gasteiger partial charge on any atom is -0.333 e. The predicted molar refractivity (Wildman–Crippen MR) is 91.5 cm³/mol. The summed E-state index contributed by atoms with van der Waals surface area (Å²) in [5.41, 5.74) is 2.51. The van der Waals surface area contributed by atoms with Crippen molar-refractivity contribution in [3.05, 3.63) is 52.0 Å². The lowest BCUT2D eigenvalue weighted by Gasteiger charge is -2.20. The van der Waals surface area contributed by atoms with E-state index in [9.17, 15) is 0 Å². The third-order valence-electron chi connectivity index (χ3n) is 3.60. The first-order chi connectivity index (χ1) is 10.2. The molecule has 0 radical (unpaired) electrons. The molecular formula is C17H24BrN3. The molecule has 1 heterocycles. The summed E-state index contributed by atoms with van der Waals surface area (Å²) in [5, 5.41) is 3.63. The number of rotatable bonds is 7. The summed E-state index contributed by atoms with van der Waals surface area (Å²) in [6.07, 6.45) is 6.19. The normalized spacial score (nSPS) is 12.6. The van der Waals surface area contributed by atoms with Gasteiger partial charge in [0.25, 0.3) is 0 Å². The minimum absolute atomic E-state index is 0.142. The number of nitrogens with one attached hydrogen (secondary N) is 1. The Morgan fingerprint density at radius 1 is 1.29 bits per heavy atom. The number of aryl methyl sites for hydroxylation is 2. The molecule has 1 aromatic carbocycles. The number of imidazole rings is 1. The van der Waals surface area contributed by atoms with E-state index in [-0.39, 0.29) is 6.04 Å². The van der Waals surface area contributed by atoms with Crippen LogP contribution in [-0.4, -0.2) is 16.1 Å². The van der Waals surface area contributed by atoms with Gasteiger partial charge < -0.3 is 9.88 Å². The van der Waals surface area contributed by atoms with E-state index in [0.29, 0.717) is 0 Å². The SMILES string of the molecule is CCCNC(c1ccc(C)c(Br)c1)c1nccn1CCC. The van der Waals surface area contributed by atoms with E-state index < -0.39 is 0 Å². The van der Waals surface area contributed by atoms with Gasteiger partial charge in [0.15, 0.2) is 0 Å². The molecule has 1 unspecified atom stereocenters. The average Bonchev–Trinajstić information content (AvgIpc) is 2.92. The number of hydrogen-bond acceptors (Lipinski definition) is 2. The van der Waals surface area contributed by atoms with Crippen LogP contribution in [0, 0.1) is 6.92 Å². The van der Waals surface area contributed by atoms with Gasteiger partial charge in [0, 0.05) is 23.4 Å². The molecule has 0 bridgehead atoms. The van der Waals surface area contributed by atoms with Crippen LogP contribution in [-0.2, 0) is 6.54 Å². The van der Waals surface area contributed by atoms with Gasteiger partial charge in [-0.25, -0.2) is 4.98 Å². The molecule has 0 aliphatic heterocycles. The van der Waals surface area contributed by atoms with Crippen LogP contribution in [0.25, 0.3) is 0 Å². The summed E-state index contributed by atoms with van der Waals surface area (Å²) >= 11 is 3.64. The molecule has 4 heteroatoms. The quantitative estimate of drug-likeness (QED) is 0.799. The molecule has 1 atom stereocenters. The third kappa shape index (κ3) is 3.95. The monoisotopic (exact) mass is 349 g/mol. The Morgan fingerprint density at radius 3 is 2.76 bits per heavy atom. The molecule has 3 nitrogen and oxygen atoms in total. The second-order valence-electron chi connectivity index (χ2n) is 5.37. The molecule has 0 saturated carbocycles. The van der Waals surface area contributed by atoms with Gasteiger partial charge in [-0.05, 0) is 43.5 Å². The molecule has 0 amide bonds. The zero-order valence-corrected chi connectivity index (χ0v) is 14.7. The lowest BCUT2D eigenvalue weighted by molar-refractivity contribution is 0.530.